The highest BCUT2D eigenvalue weighted by atomic mass is 32.2. The van der Waals surface area contributed by atoms with Crippen molar-refractivity contribution in [2.45, 2.75) is 55.9 Å². The Balaban J connectivity index is 1.80. The topological polar surface area (TPSA) is 55.1 Å². The van der Waals surface area contributed by atoms with Gasteiger partial charge >= 0.3 is 0 Å². The van der Waals surface area contributed by atoms with E-state index >= 15 is 0 Å². The van der Waals surface area contributed by atoms with Crippen LogP contribution in [0.3, 0.4) is 0 Å². The molecule has 15 heavy (non-hydrogen) atoms. The molecule has 0 radical (unpaired) electrons. The Labute approximate surface area is 95.6 Å². The fraction of sp³-hybridized carbons (Fsp3) is 0.909. The average molecular weight is 228 g/mol. The summed E-state index contributed by atoms with van der Waals surface area (Å²) in [6.07, 6.45) is 6.77. The maximum Gasteiger partial charge on any atom is 0.233 e. The zero-order valence-electron chi connectivity index (χ0n) is 9.08. The van der Waals surface area contributed by atoms with Crippen molar-refractivity contribution in [1.29, 1.82) is 0 Å². The lowest BCUT2D eigenvalue weighted by Crippen LogP contribution is -2.47. The molecule has 1 aliphatic carbocycles. The van der Waals surface area contributed by atoms with E-state index in [4.69, 9.17) is 5.73 Å². The summed E-state index contributed by atoms with van der Waals surface area (Å²) in [4.78, 5) is 11.9. The Kier molecular flexibility index (Phi) is 3.92. The van der Waals surface area contributed by atoms with Gasteiger partial charge in [-0.05, 0) is 37.9 Å². The lowest BCUT2D eigenvalue weighted by Gasteiger charge is -2.24. The van der Waals surface area contributed by atoms with Gasteiger partial charge in [0.1, 0.15) is 0 Å². The normalized spacial score (nSPS) is 36.5. The van der Waals surface area contributed by atoms with Gasteiger partial charge in [-0.15, -0.1) is 11.8 Å². The number of carbonyl (C=O) groups is 1. The molecule has 0 aromatic carbocycles. The van der Waals surface area contributed by atoms with Crippen LogP contribution in [-0.2, 0) is 4.79 Å². The summed E-state index contributed by atoms with van der Waals surface area (Å²) in [7, 11) is 0. The first-order chi connectivity index (χ1) is 7.27. The molecule has 3 unspecified atom stereocenters. The van der Waals surface area contributed by atoms with Gasteiger partial charge in [-0.1, -0.05) is 6.42 Å². The molecule has 2 rings (SSSR count). The Bertz CT molecular complexity index is 229. The molecule has 1 saturated heterocycles. The quantitative estimate of drug-likeness (QED) is 0.748. The number of carbonyl (C=O) groups excluding carboxylic acids is 1. The monoisotopic (exact) mass is 228 g/mol. The van der Waals surface area contributed by atoms with Crippen molar-refractivity contribution in [2.24, 2.45) is 5.73 Å². The fourth-order valence-electron chi connectivity index (χ4n) is 2.39. The van der Waals surface area contributed by atoms with Gasteiger partial charge < -0.3 is 11.1 Å². The highest BCUT2D eigenvalue weighted by Crippen LogP contribution is 2.26. The van der Waals surface area contributed by atoms with Gasteiger partial charge in [-0.25, -0.2) is 0 Å². The smallest absolute Gasteiger partial charge is 0.233 e. The SMILES string of the molecule is NC1CCCC1NC(=O)C1CCCCS1. The molecule has 2 fully saturated rings. The molecule has 3 nitrogen and oxygen atoms in total. The molecule has 1 heterocycles. The van der Waals surface area contributed by atoms with Crippen LogP contribution in [0.25, 0.3) is 0 Å². The predicted octanol–water partition coefficient (Wildman–Crippen LogP) is 1.27. The molecule has 2 aliphatic rings. The summed E-state index contributed by atoms with van der Waals surface area (Å²) in [5.74, 6) is 1.36. The summed E-state index contributed by atoms with van der Waals surface area (Å²) >= 11 is 1.80. The molecule has 1 aliphatic heterocycles. The summed E-state index contributed by atoms with van der Waals surface area (Å²) in [5.41, 5.74) is 5.94. The zero-order valence-corrected chi connectivity index (χ0v) is 9.89. The number of hydrogen-bond donors (Lipinski definition) is 2. The van der Waals surface area contributed by atoms with Crippen LogP contribution in [0.5, 0.6) is 0 Å². The van der Waals surface area contributed by atoms with E-state index < -0.39 is 0 Å². The van der Waals surface area contributed by atoms with Gasteiger partial charge in [0, 0.05) is 12.1 Å². The van der Waals surface area contributed by atoms with Crippen LogP contribution in [0.15, 0.2) is 0 Å². The molecule has 3 atom stereocenters. The Morgan fingerprint density at radius 1 is 1.20 bits per heavy atom. The lowest BCUT2D eigenvalue weighted by atomic mass is 10.1. The van der Waals surface area contributed by atoms with Crippen LogP contribution >= 0.6 is 11.8 Å². The van der Waals surface area contributed by atoms with Crippen molar-refractivity contribution >= 4 is 17.7 Å². The third-order valence-corrected chi connectivity index (χ3v) is 4.75. The van der Waals surface area contributed by atoms with Crippen molar-refractivity contribution in [3.63, 3.8) is 0 Å². The van der Waals surface area contributed by atoms with E-state index in [9.17, 15) is 4.79 Å². The van der Waals surface area contributed by atoms with Crippen molar-refractivity contribution in [2.75, 3.05) is 5.75 Å². The van der Waals surface area contributed by atoms with Crippen LogP contribution < -0.4 is 11.1 Å². The minimum Gasteiger partial charge on any atom is -0.351 e. The van der Waals surface area contributed by atoms with Gasteiger partial charge in [0.2, 0.25) is 5.91 Å². The largest absolute Gasteiger partial charge is 0.351 e. The first-order valence-electron chi connectivity index (χ1n) is 5.95. The average Bonchev–Trinajstić information content (AvgIpc) is 2.66. The second-order valence-electron chi connectivity index (χ2n) is 4.57. The third kappa shape index (κ3) is 2.88. The van der Waals surface area contributed by atoms with Crippen LogP contribution in [0.1, 0.15) is 38.5 Å². The second-order valence-corrected chi connectivity index (χ2v) is 5.88. The third-order valence-electron chi connectivity index (χ3n) is 3.37. The highest BCUT2D eigenvalue weighted by molar-refractivity contribution is 8.00. The van der Waals surface area contributed by atoms with Crippen molar-refractivity contribution in [3.8, 4) is 0 Å². The minimum absolute atomic E-state index is 0.183. The molecular weight excluding hydrogens is 208 g/mol. The molecule has 1 amide bonds. The van der Waals surface area contributed by atoms with Crippen molar-refractivity contribution < 1.29 is 4.79 Å². The minimum atomic E-state index is 0.183. The number of hydrogen-bond acceptors (Lipinski definition) is 3. The van der Waals surface area contributed by atoms with E-state index in [0.717, 1.165) is 31.4 Å². The zero-order chi connectivity index (χ0) is 10.7. The number of thioether (sulfide) groups is 1. The van der Waals surface area contributed by atoms with E-state index in [-0.39, 0.29) is 23.2 Å². The molecule has 86 valence electrons. The highest BCUT2D eigenvalue weighted by Gasteiger charge is 2.29. The maximum atomic E-state index is 11.9. The van der Waals surface area contributed by atoms with Gasteiger partial charge in [0.25, 0.3) is 0 Å². The van der Waals surface area contributed by atoms with Crippen molar-refractivity contribution in [1.82, 2.24) is 5.32 Å². The van der Waals surface area contributed by atoms with E-state index in [0.29, 0.717) is 0 Å². The molecule has 0 aromatic rings. The van der Waals surface area contributed by atoms with E-state index in [2.05, 4.69) is 5.32 Å². The van der Waals surface area contributed by atoms with Gasteiger partial charge in [-0.2, -0.15) is 0 Å². The number of nitrogens with two attached hydrogens (primary N) is 1. The van der Waals surface area contributed by atoms with Crippen LogP contribution in [0.2, 0.25) is 0 Å². The number of amides is 1. The number of nitrogens with one attached hydrogen (secondary N) is 1. The molecule has 0 aromatic heterocycles. The lowest BCUT2D eigenvalue weighted by molar-refractivity contribution is -0.121. The second kappa shape index (κ2) is 5.21. The predicted molar refractivity (Wildman–Crippen MR) is 63.9 cm³/mol. The first kappa shape index (κ1) is 11.3. The van der Waals surface area contributed by atoms with Gasteiger partial charge in [0.15, 0.2) is 0 Å². The van der Waals surface area contributed by atoms with E-state index in [1.54, 1.807) is 11.8 Å². The van der Waals surface area contributed by atoms with Gasteiger partial charge in [-0.3, -0.25) is 4.79 Å². The van der Waals surface area contributed by atoms with E-state index in [1.165, 1.54) is 12.8 Å². The van der Waals surface area contributed by atoms with Crippen LogP contribution in [-0.4, -0.2) is 29.0 Å². The standard InChI is InChI=1S/C11H20N2OS/c12-8-4-3-5-9(8)13-11(14)10-6-1-2-7-15-10/h8-10H,1-7,12H2,(H,13,14). The Morgan fingerprint density at radius 3 is 2.67 bits per heavy atom. The van der Waals surface area contributed by atoms with Crippen molar-refractivity contribution in [3.05, 3.63) is 0 Å². The van der Waals surface area contributed by atoms with E-state index in [1.807, 2.05) is 0 Å². The summed E-state index contributed by atoms with van der Waals surface area (Å²) in [6.45, 7) is 0. The summed E-state index contributed by atoms with van der Waals surface area (Å²) < 4.78 is 0. The molecule has 0 spiro atoms. The Morgan fingerprint density at radius 2 is 2.07 bits per heavy atom. The molecule has 1 saturated carbocycles. The Hall–Kier alpha value is -0.220. The fourth-order valence-corrected chi connectivity index (χ4v) is 3.60. The summed E-state index contributed by atoms with van der Waals surface area (Å²) in [6, 6.07) is 0.419. The first-order valence-corrected chi connectivity index (χ1v) is 7.00. The van der Waals surface area contributed by atoms with Gasteiger partial charge in [0.05, 0.1) is 5.25 Å². The van der Waals surface area contributed by atoms with Crippen LogP contribution in [0.4, 0.5) is 0 Å². The molecular formula is C11H20N2OS. The van der Waals surface area contributed by atoms with Crippen LogP contribution in [0, 0.1) is 0 Å². The molecule has 0 bridgehead atoms. The molecule has 4 heteroatoms. The molecule has 3 N–H and O–H groups in total. The summed E-state index contributed by atoms with van der Waals surface area (Å²) in [5, 5.41) is 3.30. The maximum absolute atomic E-state index is 11.9. The number of rotatable bonds is 2.